The van der Waals surface area contributed by atoms with E-state index in [1.807, 2.05) is 13.8 Å². The van der Waals surface area contributed by atoms with Gasteiger partial charge in [0.2, 0.25) is 11.8 Å². The number of ketones is 1. The van der Waals surface area contributed by atoms with Crippen LogP contribution in [0.25, 0.3) is 0 Å². The fraction of sp³-hybridized carbons (Fsp3) is 0.696. The highest BCUT2D eigenvalue weighted by molar-refractivity contribution is 8.03. The maximum absolute atomic E-state index is 13.1. The van der Waals surface area contributed by atoms with Crippen LogP contribution in [-0.4, -0.2) is 98.7 Å². The number of nitrogens with two attached hydrogens (primary N) is 2. The molecule has 0 aromatic rings. The number of thioether (sulfide) groups is 1. The molecule has 8 atom stereocenters. The summed E-state index contributed by atoms with van der Waals surface area (Å²) in [5.74, 6) is -2.40. The first-order valence-electron chi connectivity index (χ1n) is 12.2. The third-order valence-corrected chi connectivity index (χ3v) is 9.09. The topological polar surface area (TPSA) is 192 Å². The number of aliphatic imine (C=N–C) groups is 1. The summed E-state index contributed by atoms with van der Waals surface area (Å²) in [5.41, 5.74) is 10.8. The highest BCUT2D eigenvalue weighted by atomic mass is 32.2. The minimum absolute atomic E-state index is 0.00305. The van der Waals surface area contributed by atoms with Gasteiger partial charge in [-0.05, 0) is 19.3 Å². The van der Waals surface area contributed by atoms with E-state index in [1.165, 1.54) is 28.5 Å². The lowest BCUT2D eigenvalue weighted by Gasteiger charge is -2.47. The zero-order valence-electron chi connectivity index (χ0n) is 20.6. The number of carbonyl (C=O) groups excluding carboxylic acids is 3. The van der Waals surface area contributed by atoms with Crippen LogP contribution >= 0.6 is 11.8 Å². The van der Waals surface area contributed by atoms with Crippen LogP contribution in [0.2, 0.25) is 0 Å². The van der Waals surface area contributed by atoms with E-state index in [2.05, 4.69) is 10.3 Å². The second-order valence-electron chi connectivity index (χ2n) is 10.3. The number of hydrogen-bond acceptors (Lipinski definition) is 8. The molecule has 13 heteroatoms. The lowest BCUT2D eigenvalue weighted by atomic mass is 9.73. The van der Waals surface area contributed by atoms with Crippen molar-refractivity contribution < 1.29 is 29.4 Å². The molecule has 0 spiro atoms. The average molecular weight is 523 g/mol. The number of amides is 2. The fourth-order valence-corrected chi connectivity index (χ4v) is 7.47. The van der Waals surface area contributed by atoms with Crippen molar-refractivity contribution in [1.29, 1.82) is 0 Å². The molecule has 0 aliphatic carbocycles. The van der Waals surface area contributed by atoms with Crippen LogP contribution < -0.4 is 16.8 Å². The average Bonchev–Trinajstić information content (AvgIpc) is 3.44. The Balaban J connectivity index is 1.42. The van der Waals surface area contributed by atoms with Crippen LogP contribution in [0.15, 0.2) is 15.6 Å². The largest absolute Gasteiger partial charge is 0.477 e. The second-order valence-corrected chi connectivity index (χ2v) is 11.6. The number of aliphatic carboxylic acids is 1. The molecular formula is C23H34N6O6S. The minimum Gasteiger partial charge on any atom is -0.477 e. The predicted octanol–water partition coefficient (Wildman–Crippen LogP) is -1.32. The highest BCUT2D eigenvalue weighted by Gasteiger charge is 2.60. The summed E-state index contributed by atoms with van der Waals surface area (Å²) in [5, 5.41) is 23.3. The Kier molecular flexibility index (Phi) is 7.35. The Bertz CT molecular complexity index is 1030. The number of carboxylic acids is 1. The normalized spacial score (nSPS) is 34.4. The van der Waals surface area contributed by atoms with Gasteiger partial charge >= 0.3 is 5.97 Å². The number of Topliss-reactive ketones (excluding diaryl/α,β-unsaturated/α-hetero) is 1. The third kappa shape index (κ3) is 4.71. The Morgan fingerprint density at radius 1 is 1.28 bits per heavy atom. The second kappa shape index (κ2) is 10.0. The maximum Gasteiger partial charge on any atom is 0.353 e. The monoisotopic (exact) mass is 522 g/mol. The van der Waals surface area contributed by atoms with E-state index in [4.69, 9.17) is 11.5 Å². The van der Waals surface area contributed by atoms with Crippen LogP contribution in [0.3, 0.4) is 0 Å². The number of carbonyl (C=O) groups is 4. The first-order valence-corrected chi connectivity index (χ1v) is 13.0. The van der Waals surface area contributed by atoms with E-state index in [9.17, 15) is 29.4 Å². The van der Waals surface area contributed by atoms with E-state index in [0.29, 0.717) is 17.9 Å². The van der Waals surface area contributed by atoms with Crippen LogP contribution in [0, 0.1) is 17.8 Å². The van der Waals surface area contributed by atoms with Gasteiger partial charge in [0, 0.05) is 42.1 Å². The van der Waals surface area contributed by atoms with E-state index >= 15 is 0 Å². The molecule has 198 valence electrons. The smallest absolute Gasteiger partial charge is 0.353 e. The number of hydrogen-bond donors (Lipinski definition) is 5. The Labute approximate surface area is 213 Å². The van der Waals surface area contributed by atoms with Crippen molar-refractivity contribution in [3.8, 4) is 0 Å². The number of nitrogens with zero attached hydrogens (tertiary/aromatic N) is 3. The Morgan fingerprint density at radius 2 is 1.97 bits per heavy atom. The molecule has 4 heterocycles. The van der Waals surface area contributed by atoms with E-state index < -0.39 is 24.2 Å². The number of nitrogens with one attached hydrogen (secondary N) is 1. The number of fused-ring (bicyclic) bond motifs is 1. The molecule has 3 saturated heterocycles. The molecule has 4 aliphatic rings. The standard InChI is InChI=1S/C23H34N6O6S/c1-9(4-10(2)30)16-17-11(3)19(18(22(34)35)29(17)21(16)33)36-12-5-13(26-6-12)20(32)28-7-14(15(31)8-28)27-23(24)25/h9,11-17,26,31H,4-8H2,1-3H3,(H,34,35)(H4,24,25,27)/t9-,11+,12-,13-,14-,15-,16+,17+/m0/s1. The van der Waals surface area contributed by atoms with Gasteiger partial charge in [0.05, 0.1) is 30.1 Å². The van der Waals surface area contributed by atoms with Crippen molar-refractivity contribution >= 4 is 41.3 Å². The first kappa shape index (κ1) is 26.4. The van der Waals surface area contributed by atoms with Crippen molar-refractivity contribution in [2.75, 3.05) is 19.6 Å². The molecule has 4 rings (SSSR count). The highest BCUT2D eigenvalue weighted by Crippen LogP contribution is 2.53. The maximum atomic E-state index is 13.1. The summed E-state index contributed by atoms with van der Waals surface area (Å²) >= 11 is 1.41. The number of β-amino-alcohol motifs (C(OH)–C–C–N with tert-alkyl or cyclic N) is 1. The van der Waals surface area contributed by atoms with E-state index in [0.717, 1.165) is 0 Å². The van der Waals surface area contributed by atoms with Crippen LogP contribution in [-0.2, 0) is 19.2 Å². The van der Waals surface area contributed by atoms with Crippen LogP contribution in [0.5, 0.6) is 0 Å². The van der Waals surface area contributed by atoms with Gasteiger partial charge in [-0.3, -0.25) is 9.59 Å². The van der Waals surface area contributed by atoms with Crippen molar-refractivity contribution in [2.24, 2.45) is 34.2 Å². The summed E-state index contributed by atoms with van der Waals surface area (Å²) in [7, 11) is 0. The van der Waals surface area contributed by atoms with Crippen LogP contribution in [0.1, 0.15) is 33.6 Å². The number of carboxylic acid groups (broad SMARTS) is 1. The molecule has 0 aromatic carbocycles. The van der Waals surface area contributed by atoms with Crippen molar-refractivity contribution in [3.63, 3.8) is 0 Å². The lowest BCUT2D eigenvalue weighted by Crippen LogP contribution is -2.62. The molecule has 36 heavy (non-hydrogen) atoms. The molecular weight excluding hydrogens is 488 g/mol. The molecule has 0 unspecified atom stereocenters. The SMILES string of the molecule is CC(=O)C[C@H](C)[C@H]1C(=O)N2C(C(=O)O)=C(S[C@@H]3CN[C@H](C(=O)N4C[C@H](N=C(N)N)[C@@H](O)C4)C3)[C@H](C)[C@H]12. The Hall–Kier alpha value is -2.64. The molecule has 0 saturated carbocycles. The zero-order valence-corrected chi connectivity index (χ0v) is 21.4. The van der Waals surface area contributed by atoms with Gasteiger partial charge in [-0.1, -0.05) is 13.8 Å². The first-order chi connectivity index (χ1) is 16.9. The Morgan fingerprint density at radius 3 is 2.58 bits per heavy atom. The van der Waals surface area contributed by atoms with Gasteiger partial charge in [-0.15, -0.1) is 11.8 Å². The number of rotatable bonds is 8. The summed E-state index contributed by atoms with van der Waals surface area (Å²) in [6.45, 7) is 6.14. The number of aliphatic hydroxyl groups is 1. The summed E-state index contributed by atoms with van der Waals surface area (Å²) in [4.78, 5) is 57.3. The number of likely N-dealkylation sites (tertiary alicyclic amines) is 1. The minimum atomic E-state index is -1.15. The molecule has 3 fully saturated rings. The number of guanidine groups is 1. The van der Waals surface area contributed by atoms with Crippen molar-refractivity contribution in [2.45, 2.75) is 63.1 Å². The van der Waals surface area contributed by atoms with E-state index in [-0.39, 0.29) is 77.8 Å². The number of β-lactam (4-membered cyclic amide) rings is 1. The predicted molar refractivity (Wildman–Crippen MR) is 132 cm³/mol. The van der Waals surface area contributed by atoms with Crippen LogP contribution in [0.4, 0.5) is 0 Å². The van der Waals surface area contributed by atoms with Gasteiger partial charge in [-0.25, -0.2) is 9.79 Å². The van der Waals surface area contributed by atoms with E-state index in [1.54, 1.807) is 0 Å². The summed E-state index contributed by atoms with van der Waals surface area (Å²) in [6, 6.07) is -1.31. The molecule has 0 radical (unpaired) electrons. The summed E-state index contributed by atoms with van der Waals surface area (Å²) < 4.78 is 0. The molecule has 4 aliphatic heterocycles. The molecule has 0 bridgehead atoms. The molecule has 0 aromatic heterocycles. The lowest BCUT2D eigenvalue weighted by molar-refractivity contribution is -0.160. The van der Waals surface area contributed by atoms with Gasteiger partial charge in [-0.2, -0.15) is 0 Å². The third-order valence-electron chi connectivity index (χ3n) is 7.58. The van der Waals surface area contributed by atoms with Gasteiger partial charge < -0.3 is 41.6 Å². The fourth-order valence-electron chi connectivity index (χ4n) is 6.00. The summed E-state index contributed by atoms with van der Waals surface area (Å²) in [6.07, 6.45) is -0.0792. The van der Waals surface area contributed by atoms with Gasteiger partial charge in [0.25, 0.3) is 0 Å². The zero-order chi connectivity index (χ0) is 26.5. The van der Waals surface area contributed by atoms with Crippen molar-refractivity contribution in [1.82, 2.24) is 15.1 Å². The van der Waals surface area contributed by atoms with Gasteiger partial charge in [0.15, 0.2) is 5.96 Å². The number of aliphatic hydroxyl groups excluding tert-OH is 1. The molecule has 2 amide bonds. The van der Waals surface area contributed by atoms with Gasteiger partial charge in [0.1, 0.15) is 11.5 Å². The van der Waals surface area contributed by atoms with Crippen molar-refractivity contribution in [3.05, 3.63) is 10.6 Å². The molecule has 12 nitrogen and oxygen atoms in total. The molecule has 7 N–H and O–H groups in total. The quantitative estimate of drug-likeness (QED) is 0.145.